The summed E-state index contributed by atoms with van der Waals surface area (Å²) < 4.78 is 0. The summed E-state index contributed by atoms with van der Waals surface area (Å²) >= 11 is 0. The molecule has 3 aromatic rings. The number of rotatable bonds is 6. The Kier molecular flexibility index (Phi) is 5.08. The van der Waals surface area contributed by atoms with Crippen LogP contribution in [0, 0.1) is 0 Å². The maximum Gasteiger partial charge on any atom is 0.257 e. The van der Waals surface area contributed by atoms with Crippen LogP contribution < -0.4 is 10.6 Å². The summed E-state index contributed by atoms with van der Waals surface area (Å²) in [5.41, 5.74) is 5.46. The standard InChI is InChI=1S/C23H24N4O/c1-3-13-27(2)15-16-6-8-17(9-7-16)25-14-19-22-18-5-4-12-24-20(18)10-11-21(22)26-23(19)28/h4-12,14,25H,3,13,15H2,1-2H3,(H,26,28)/b19-14-. The molecule has 0 aliphatic carbocycles. The average Bonchev–Trinajstić information content (AvgIpc) is 3.03. The van der Waals surface area contributed by atoms with Gasteiger partial charge in [-0.25, -0.2) is 0 Å². The van der Waals surface area contributed by atoms with Gasteiger partial charge in [0.2, 0.25) is 0 Å². The van der Waals surface area contributed by atoms with Crippen LogP contribution in [0.5, 0.6) is 0 Å². The van der Waals surface area contributed by atoms with Crippen molar-refractivity contribution in [1.29, 1.82) is 0 Å². The lowest BCUT2D eigenvalue weighted by molar-refractivity contribution is -0.110. The number of pyridine rings is 1. The van der Waals surface area contributed by atoms with Crippen molar-refractivity contribution >= 4 is 33.8 Å². The average molecular weight is 372 g/mol. The molecule has 4 rings (SSSR count). The number of anilines is 2. The molecule has 2 aromatic carbocycles. The topological polar surface area (TPSA) is 57.3 Å². The Bertz CT molecular complexity index is 1040. The van der Waals surface area contributed by atoms with Gasteiger partial charge in [-0.2, -0.15) is 0 Å². The van der Waals surface area contributed by atoms with Gasteiger partial charge >= 0.3 is 0 Å². The van der Waals surface area contributed by atoms with Gasteiger partial charge < -0.3 is 15.5 Å². The smallest absolute Gasteiger partial charge is 0.257 e. The molecule has 5 nitrogen and oxygen atoms in total. The van der Waals surface area contributed by atoms with E-state index >= 15 is 0 Å². The minimum Gasteiger partial charge on any atom is -0.361 e. The number of aromatic nitrogens is 1. The van der Waals surface area contributed by atoms with Gasteiger partial charge in [-0.05, 0) is 55.9 Å². The molecular weight excluding hydrogens is 348 g/mol. The first-order valence-electron chi connectivity index (χ1n) is 9.59. The number of nitrogens with zero attached hydrogens (tertiary/aromatic N) is 2. The number of nitrogens with one attached hydrogen (secondary N) is 2. The van der Waals surface area contributed by atoms with Gasteiger partial charge in [-0.15, -0.1) is 0 Å². The molecular formula is C23H24N4O. The molecule has 0 saturated heterocycles. The van der Waals surface area contributed by atoms with E-state index in [2.05, 4.69) is 46.6 Å². The molecule has 28 heavy (non-hydrogen) atoms. The monoisotopic (exact) mass is 372 g/mol. The minimum atomic E-state index is -0.100. The summed E-state index contributed by atoms with van der Waals surface area (Å²) in [5.74, 6) is -0.100. The summed E-state index contributed by atoms with van der Waals surface area (Å²) in [7, 11) is 2.13. The van der Waals surface area contributed by atoms with E-state index in [9.17, 15) is 4.79 Å². The lowest BCUT2D eigenvalue weighted by Crippen LogP contribution is -2.18. The Morgan fingerprint density at radius 2 is 1.96 bits per heavy atom. The molecule has 0 bridgehead atoms. The molecule has 2 N–H and O–H groups in total. The summed E-state index contributed by atoms with van der Waals surface area (Å²) in [6.45, 7) is 4.21. The van der Waals surface area contributed by atoms with Crippen LogP contribution in [0.3, 0.4) is 0 Å². The zero-order chi connectivity index (χ0) is 19.5. The van der Waals surface area contributed by atoms with Gasteiger partial charge in [-0.1, -0.05) is 25.1 Å². The molecule has 142 valence electrons. The van der Waals surface area contributed by atoms with E-state index in [1.54, 1.807) is 12.4 Å². The van der Waals surface area contributed by atoms with Crippen molar-refractivity contribution < 1.29 is 4.79 Å². The van der Waals surface area contributed by atoms with Crippen LogP contribution in [-0.4, -0.2) is 29.4 Å². The molecule has 1 aliphatic heterocycles. The number of hydrogen-bond donors (Lipinski definition) is 2. The zero-order valence-electron chi connectivity index (χ0n) is 16.2. The van der Waals surface area contributed by atoms with Gasteiger partial charge in [0.05, 0.1) is 11.1 Å². The highest BCUT2D eigenvalue weighted by Crippen LogP contribution is 2.37. The van der Waals surface area contributed by atoms with Crippen molar-refractivity contribution in [2.45, 2.75) is 19.9 Å². The van der Waals surface area contributed by atoms with E-state index < -0.39 is 0 Å². The summed E-state index contributed by atoms with van der Waals surface area (Å²) in [4.78, 5) is 19.2. The molecule has 1 aromatic heterocycles. The molecule has 5 heteroatoms. The highest BCUT2D eigenvalue weighted by Gasteiger charge is 2.26. The fourth-order valence-electron chi connectivity index (χ4n) is 3.62. The molecule has 1 amide bonds. The van der Waals surface area contributed by atoms with Gasteiger partial charge in [0.25, 0.3) is 5.91 Å². The maximum atomic E-state index is 12.5. The minimum absolute atomic E-state index is 0.100. The normalized spacial score (nSPS) is 14.5. The SMILES string of the molecule is CCCN(C)Cc1ccc(N/C=C2\C(=O)Nc3ccc4ncccc4c32)cc1. The first-order chi connectivity index (χ1) is 13.7. The van der Waals surface area contributed by atoms with E-state index in [0.29, 0.717) is 5.57 Å². The first kappa shape index (κ1) is 18.2. The highest BCUT2D eigenvalue weighted by atomic mass is 16.2. The molecule has 0 fully saturated rings. The van der Waals surface area contributed by atoms with Crippen molar-refractivity contribution in [3.8, 4) is 0 Å². The second-order valence-electron chi connectivity index (χ2n) is 7.15. The van der Waals surface area contributed by atoms with Crippen LogP contribution in [0.1, 0.15) is 24.5 Å². The molecule has 0 saturated carbocycles. The zero-order valence-corrected chi connectivity index (χ0v) is 16.2. The van der Waals surface area contributed by atoms with E-state index in [-0.39, 0.29) is 5.91 Å². The largest absolute Gasteiger partial charge is 0.361 e. The number of carbonyl (C=O) groups is 1. The third kappa shape index (κ3) is 3.62. The predicted molar refractivity (Wildman–Crippen MR) is 115 cm³/mol. The Morgan fingerprint density at radius 1 is 1.14 bits per heavy atom. The summed E-state index contributed by atoms with van der Waals surface area (Å²) in [6.07, 6.45) is 4.70. The maximum absolute atomic E-state index is 12.5. The third-order valence-corrected chi connectivity index (χ3v) is 4.94. The van der Waals surface area contributed by atoms with E-state index in [1.165, 1.54) is 5.56 Å². The second kappa shape index (κ2) is 7.82. The lowest BCUT2D eigenvalue weighted by Gasteiger charge is -2.15. The van der Waals surface area contributed by atoms with Gasteiger partial charge in [0.1, 0.15) is 0 Å². The summed E-state index contributed by atoms with van der Waals surface area (Å²) in [5, 5.41) is 7.18. The van der Waals surface area contributed by atoms with Crippen LogP contribution in [-0.2, 0) is 11.3 Å². The van der Waals surface area contributed by atoms with Crippen molar-refractivity contribution in [3.05, 3.63) is 72.1 Å². The van der Waals surface area contributed by atoms with Gasteiger partial charge in [0, 0.05) is 41.3 Å². The molecule has 0 radical (unpaired) electrons. The second-order valence-corrected chi connectivity index (χ2v) is 7.15. The molecule has 1 aliphatic rings. The number of amides is 1. The van der Waals surface area contributed by atoms with E-state index in [4.69, 9.17) is 0 Å². The lowest BCUT2D eigenvalue weighted by atomic mass is 10.0. The molecule has 0 unspecified atom stereocenters. The van der Waals surface area contributed by atoms with Crippen molar-refractivity contribution in [2.24, 2.45) is 0 Å². The van der Waals surface area contributed by atoms with Gasteiger partial charge in [-0.3, -0.25) is 9.78 Å². The Balaban J connectivity index is 1.56. The number of hydrogen-bond acceptors (Lipinski definition) is 4. The Labute approximate surface area is 165 Å². The first-order valence-corrected chi connectivity index (χ1v) is 9.59. The number of carbonyl (C=O) groups excluding carboxylic acids is 1. The van der Waals surface area contributed by atoms with E-state index in [1.807, 2.05) is 36.4 Å². The highest BCUT2D eigenvalue weighted by molar-refractivity contribution is 6.34. The van der Waals surface area contributed by atoms with Crippen LogP contribution >= 0.6 is 0 Å². The Morgan fingerprint density at radius 3 is 2.75 bits per heavy atom. The molecule has 0 spiro atoms. The predicted octanol–water partition coefficient (Wildman–Crippen LogP) is 4.48. The number of benzene rings is 2. The van der Waals surface area contributed by atoms with Crippen LogP contribution in [0.15, 0.2) is 60.9 Å². The van der Waals surface area contributed by atoms with Crippen molar-refractivity contribution in [2.75, 3.05) is 24.2 Å². The van der Waals surface area contributed by atoms with Crippen molar-refractivity contribution in [1.82, 2.24) is 9.88 Å². The number of fused-ring (bicyclic) bond motifs is 3. The van der Waals surface area contributed by atoms with E-state index in [0.717, 1.165) is 47.4 Å². The molecule has 2 heterocycles. The van der Waals surface area contributed by atoms with Gasteiger partial charge in [0.15, 0.2) is 0 Å². The summed E-state index contributed by atoms with van der Waals surface area (Å²) in [6, 6.07) is 16.1. The van der Waals surface area contributed by atoms with Crippen LogP contribution in [0.2, 0.25) is 0 Å². The molecule has 0 atom stereocenters. The van der Waals surface area contributed by atoms with Crippen LogP contribution in [0.25, 0.3) is 16.5 Å². The van der Waals surface area contributed by atoms with Crippen LogP contribution in [0.4, 0.5) is 11.4 Å². The third-order valence-electron chi connectivity index (χ3n) is 4.94. The Hall–Kier alpha value is -3.18. The fraction of sp³-hybridized carbons (Fsp3) is 0.217. The quantitative estimate of drug-likeness (QED) is 0.626. The fourth-order valence-corrected chi connectivity index (χ4v) is 3.62. The van der Waals surface area contributed by atoms with Crippen molar-refractivity contribution in [3.63, 3.8) is 0 Å².